The van der Waals surface area contributed by atoms with Crippen LogP contribution < -0.4 is 5.32 Å². The molecule has 0 bridgehead atoms. The molecule has 32 heavy (non-hydrogen) atoms. The molecule has 0 amide bonds. The number of benzodiazepines with no additional fused rings is 1. The van der Waals surface area contributed by atoms with E-state index < -0.39 is 0 Å². The first kappa shape index (κ1) is 22.9. The van der Waals surface area contributed by atoms with Crippen molar-refractivity contribution in [3.8, 4) is 0 Å². The van der Waals surface area contributed by atoms with Crippen LogP contribution in [0.25, 0.3) is 0 Å². The van der Waals surface area contributed by atoms with Gasteiger partial charge in [0, 0.05) is 41.5 Å². The van der Waals surface area contributed by atoms with Gasteiger partial charge in [0.15, 0.2) is 6.17 Å². The number of anilines is 1. The molecule has 2 aliphatic rings. The molecule has 0 radical (unpaired) electrons. The fourth-order valence-electron chi connectivity index (χ4n) is 4.15. The van der Waals surface area contributed by atoms with E-state index in [1.165, 1.54) is 0 Å². The molecular formula is C25H32ClN5O. The highest BCUT2D eigenvalue weighted by molar-refractivity contribution is 6.32. The van der Waals surface area contributed by atoms with Gasteiger partial charge in [0.2, 0.25) is 0 Å². The first-order valence-electron chi connectivity index (χ1n) is 11.5. The van der Waals surface area contributed by atoms with Crippen LogP contribution in [0.1, 0.15) is 25.0 Å². The minimum Gasteiger partial charge on any atom is -0.379 e. The maximum absolute atomic E-state index is 6.41. The lowest BCUT2D eigenvalue weighted by Crippen LogP contribution is -2.48. The zero-order chi connectivity index (χ0) is 22.3. The maximum atomic E-state index is 6.41. The van der Waals surface area contributed by atoms with E-state index in [9.17, 15) is 0 Å². The lowest BCUT2D eigenvalue weighted by atomic mass is 10.0. The molecule has 1 atom stereocenters. The van der Waals surface area contributed by atoms with Gasteiger partial charge < -0.3 is 15.0 Å². The van der Waals surface area contributed by atoms with Crippen LogP contribution in [0.4, 0.5) is 5.69 Å². The van der Waals surface area contributed by atoms with Gasteiger partial charge in [0.05, 0.1) is 25.5 Å². The average molecular weight is 454 g/mol. The van der Waals surface area contributed by atoms with Crippen molar-refractivity contribution < 1.29 is 4.74 Å². The summed E-state index contributed by atoms with van der Waals surface area (Å²) >= 11 is 6.41. The molecule has 0 spiro atoms. The number of nitrogens with zero attached hydrogens (tertiary/aromatic N) is 4. The van der Waals surface area contributed by atoms with Gasteiger partial charge in [-0.15, -0.1) is 0 Å². The zero-order valence-electron chi connectivity index (χ0n) is 18.9. The van der Waals surface area contributed by atoms with Gasteiger partial charge in [-0.3, -0.25) is 14.9 Å². The summed E-state index contributed by atoms with van der Waals surface area (Å²) in [5.41, 5.74) is 3.98. The number of halogens is 1. The summed E-state index contributed by atoms with van der Waals surface area (Å²) in [6.45, 7) is 11.1. The number of rotatable bonds is 7. The molecule has 1 unspecified atom stereocenters. The van der Waals surface area contributed by atoms with Crippen LogP contribution >= 0.6 is 11.6 Å². The summed E-state index contributed by atoms with van der Waals surface area (Å²) in [5, 5.41) is 4.31. The molecule has 1 fully saturated rings. The van der Waals surface area contributed by atoms with Crippen molar-refractivity contribution >= 4 is 28.8 Å². The van der Waals surface area contributed by atoms with Crippen LogP contribution in [-0.4, -0.2) is 80.0 Å². The maximum Gasteiger partial charge on any atom is 0.161 e. The van der Waals surface area contributed by atoms with Crippen LogP contribution in [0.15, 0.2) is 58.5 Å². The number of fused-ring (bicyclic) bond motifs is 1. The van der Waals surface area contributed by atoms with E-state index in [4.69, 9.17) is 26.3 Å². The molecule has 1 saturated heterocycles. The Morgan fingerprint density at radius 2 is 1.88 bits per heavy atom. The second-order valence-electron chi connectivity index (χ2n) is 7.97. The molecule has 0 aliphatic carbocycles. The van der Waals surface area contributed by atoms with Gasteiger partial charge in [-0.1, -0.05) is 55.8 Å². The van der Waals surface area contributed by atoms with Crippen molar-refractivity contribution in [3.63, 3.8) is 0 Å². The number of hydrogen-bond donors (Lipinski definition) is 1. The number of nitrogens with one attached hydrogen (secondary N) is 1. The smallest absolute Gasteiger partial charge is 0.161 e. The summed E-state index contributed by atoms with van der Waals surface area (Å²) < 4.78 is 5.61. The number of likely N-dealkylation sites (N-methyl/N-ethyl adjacent to an activating group) is 1. The Bertz CT molecular complexity index is 952. The first-order chi connectivity index (χ1) is 15.7. The monoisotopic (exact) mass is 453 g/mol. The molecule has 170 valence electrons. The van der Waals surface area contributed by atoms with Crippen LogP contribution in [0.5, 0.6) is 0 Å². The molecule has 4 rings (SSSR count). The summed E-state index contributed by atoms with van der Waals surface area (Å²) in [5.74, 6) is 0.883. The number of amidine groups is 1. The highest BCUT2D eigenvalue weighted by Gasteiger charge is 2.30. The standard InChI is InChI=1S/C25H32ClN5O/c1-3-30(4-2)13-12-27-24-25(31-14-16-32-17-15-31)29-23(19-8-6-5-7-9-19)21-18-20(26)10-11-22(21)28-24/h5-11,18,25H,3-4,12-17H2,1-2H3,(H,27,28). The number of aliphatic imine (C=N–C) groups is 2. The lowest BCUT2D eigenvalue weighted by molar-refractivity contribution is 0.0303. The first-order valence-corrected chi connectivity index (χ1v) is 11.9. The zero-order valence-corrected chi connectivity index (χ0v) is 19.7. The molecule has 0 aromatic heterocycles. The fraction of sp³-hybridized carbons (Fsp3) is 0.440. The topological polar surface area (TPSA) is 52.5 Å². The van der Waals surface area contributed by atoms with E-state index in [1.54, 1.807) is 0 Å². The van der Waals surface area contributed by atoms with Gasteiger partial charge in [0.1, 0.15) is 5.84 Å². The normalized spacial score (nSPS) is 20.6. The number of ether oxygens (including phenoxy) is 1. The van der Waals surface area contributed by atoms with Crippen LogP contribution in [0.2, 0.25) is 5.02 Å². The molecule has 6 nitrogen and oxygen atoms in total. The molecule has 2 aromatic carbocycles. The predicted molar refractivity (Wildman–Crippen MR) is 133 cm³/mol. The minimum atomic E-state index is -0.197. The molecule has 7 heteroatoms. The third kappa shape index (κ3) is 5.38. The number of morpholine rings is 1. The van der Waals surface area contributed by atoms with E-state index in [-0.39, 0.29) is 6.17 Å². The Balaban J connectivity index is 1.77. The van der Waals surface area contributed by atoms with E-state index in [0.717, 1.165) is 67.6 Å². The van der Waals surface area contributed by atoms with Crippen molar-refractivity contribution in [2.24, 2.45) is 9.98 Å². The Hall–Kier alpha value is -2.25. The summed E-state index contributed by atoms with van der Waals surface area (Å²) in [6, 6.07) is 16.2. The minimum absolute atomic E-state index is 0.197. The second kappa shape index (κ2) is 11.1. The fourth-order valence-corrected chi connectivity index (χ4v) is 4.32. The van der Waals surface area contributed by atoms with Crippen molar-refractivity contribution in [2.45, 2.75) is 20.0 Å². The Labute approximate surface area is 195 Å². The molecule has 2 aliphatic heterocycles. The van der Waals surface area contributed by atoms with E-state index in [0.29, 0.717) is 18.2 Å². The van der Waals surface area contributed by atoms with Gasteiger partial charge >= 0.3 is 0 Å². The third-order valence-corrected chi connectivity index (χ3v) is 6.26. The van der Waals surface area contributed by atoms with Crippen molar-refractivity contribution in [3.05, 3.63) is 64.7 Å². The number of benzene rings is 2. The van der Waals surface area contributed by atoms with Crippen molar-refractivity contribution in [1.82, 2.24) is 9.80 Å². The SMILES string of the molecule is CCN(CC)CCN=C1Nc2ccc(Cl)cc2C(c2ccccc2)=NC1N1CCOCC1. The molecule has 2 heterocycles. The predicted octanol–water partition coefficient (Wildman–Crippen LogP) is 4.00. The summed E-state index contributed by atoms with van der Waals surface area (Å²) in [6.07, 6.45) is -0.197. The Morgan fingerprint density at radius 1 is 1.12 bits per heavy atom. The van der Waals surface area contributed by atoms with E-state index in [2.05, 4.69) is 41.1 Å². The highest BCUT2D eigenvalue weighted by atomic mass is 35.5. The molecule has 1 N–H and O–H groups in total. The quantitative estimate of drug-likeness (QED) is 0.688. The van der Waals surface area contributed by atoms with Crippen LogP contribution in [-0.2, 0) is 4.74 Å². The van der Waals surface area contributed by atoms with Crippen LogP contribution in [0.3, 0.4) is 0 Å². The molecular weight excluding hydrogens is 422 g/mol. The van der Waals surface area contributed by atoms with Crippen LogP contribution in [0, 0.1) is 0 Å². The molecule has 2 aromatic rings. The average Bonchev–Trinajstić information content (AvgIpc) is 2.99. The largest absolute Gasteiger partial charge is 0.379 e. The van der Waals surface area contributed by atoms with E-state index >= 15 is 0 Å². The summed E-state index contributed by atoms with van der Waals surface area (Å²) in [7, 11) is 0. The second-order valence-corrected chi connectivity index (χ2v) is 8.41. The van der Waals surface area contributed by atoms with E-state index in [1.807, 2.05) is 36.4 Å². The van der Waals surface area contributed by atoms with Crippen molar-refractivity contribution in [2.75, 3.05) is 57.8 Å². The van der Waals surface area contributed by atoms with Gasteiger partial charge in [-0.05, 0) is 31.3 Å². The molecule has 0 saturated carbocycles. The van der Waals surface area contributed by atoms with Gasteiger partial charge in [0.25, 0.3) is 0 Å². The Morgan fingerprint density at radius 3 is 2.59 bits per heavy atom. The highest BCUT2D eigenvalue weighted by Crippen LogP contribution is 2.28. The summed E-state index contributed by atoms with van der Waals surface area (Å²) in [4.78, 5) is 15.1. The lowest BCUT2D eigenvalue weighted by Gasteiger charge is -2.32. The van der Waals surface area contributed by atoms with Crippen molar-refractivity contribution in [1.29, 1.82) is 0 Å². The third-order valence-electron chi connectivity index (χ3n) is 6.03. The Kier molecular flexibility index (Phi) is 7.92. The number of hydrogen-bond acceptors (Lipinski definition) is 5. The van der Waals surface area contributed by atoms with Gasteiger partial charge in [-0.2, -0.15) is 0 Å². The van der Waals surface area contributed by atoms with Gasteiger partial charge in [-0.25, -0.2) is 0 Å².